The largest absolute Gasteiger partial charge is 0.206 e. The van der Waals surface area contributed by atoms with Gasteiger partial charge in [0.2, 0.25) is 0 Å². The number of benzene rings is 2. The van der Waals surface area contributed by atoms with Crippen LogP contribution in [0, 0.1) is 23.3 Å². The fraction of sp³-hybridized carbons (Fsp3) is 0.200. The van der Waals surface area contributed by atoms with Crippen LogP contribution < -0.4 is 0 Å². The van der Waals surface area contributed by atoms with Crippen LogP contribution in [0.4, 0.5) is 17.6 Å². The first-order chi connectivity index (χ1) is 11.5. The maximum Gasteiger partial charge on any atom is 0.159 e. The summed E-state index contributed by atoms with van der Waals surface area (Å²) < 4.78 is 55.4. The number of fused-ring (bicyclic) bond motifs is 1. The highest BCUT2D eigenvalue weighted by Gasteiger charge is 2.22. The summed E-state index contributed by atoms with van der Waals surface area (Å²) in [5.74, 6) is -3.22. The van der Waals surface area contributed by atoms with Gasteiger partial charge in [0.05, 0.1) is 0 Å². The zero-order valence-corrected chi connectivity index (χ0v) is 13.2. The van der Waals surface area contributed by atoms with Crippen molar-refractivity contribution in [1.29, 1.82) is 0 Å². The average molecular weight is 332 g/mol. The molecule has 0 unspecified atom stereocenters. The Morgan fingerprint density at radius 3 is 2.25 bits per heavy atom. The van der Waals surface area contributed by atoms with E-state index in [2.05, 4.69) is 0 Å². The Hall–Kier alpha value is -2.36. The van der Waals surface area contributed by atoms with Crippen molar-refractivity contribution in [1.82, 2.24) is 0 Å². The topological polar surface area (TPSA) is 0 Å². The van der Waals surface area contributed by atoms with Gasteiger partial charge in [-0.2, -0.15) is 0 Å². The summed E-state index contributed by atoms with van der Waals surface area (Å²) in [6.45, 7) is 1.89. The molecular weight excluding hydrogens is 316 g/mol. The normalized spacial score (nSPS) is 13.5. The molecule has 0 fully saturated rings. The average Bonchev–Trinajstić information content (AvgIpc) is 2.89. The van der Waals surface area contributed by atoms with Crippen LogP contribution in [0.25, 0.3) is 11.6 Å². The third-order valence-electron chi connectivity index (χ3n) is 4.15. The highest BCUT2D eigenvalue weighted by atomic mass is 19.2. The minimum atomic E-state index is -0.966. The lowest BCUT2D eigenvalue weighted by molar-refractivity contribution is 0.507. The highest BCUT2D eigenvalue weighted by molar-refractivity contribution is 5.89. The van der Waals surface area contributed by atoms with Crippen LogP contribution in [-0.4, -0.2) is 0 Å². The zero-order valence-electron chi connectivity index (χ0n) is 13.2. The van der Waals surface area contributed by atoms with Crippen LogP contribution >= 0.6 is 0 Å². The van der Waals surface area contributed by atoms with Crippen LogP contribution in [-0.2, 0) is 12.8 Å². The lowest BCUT2D eigenvalue weighted by Gasteiger charge is -2.09. The van der Waals surface area contributed by atoms with E-state index in [1.54, 1.807) is 0 Å². The SMILES string of the molecule is C/C=C/CCc1cc(F)c(C2=Cc3cc(F)c(F)cc3C2)c(F)c1. The predicted octanol–water partition coefficient (Wildman–Crippen LogP) is 5.85. The van der Waals surface area contributed by atoms with Gasteiger partial charge >= 0.3 is 0 Å². The quantitative estimate of drug-likeness (QED) is 0.487. The molecule has 0 N–H and O–H groups in total. The van der Waals surface area contributed by atoms with Crippen LogP contribution in [0.1, 0.15) is 35.6 Å². The lowest BCUT2D eigenvalue weighted by atomic mass is 9.99. The minimum Gasteiger partial charge on any atom is -0.206 e. The van der Waals surface area contributed by atoms with Crippen LogP contribution in [0.2, 0.25) is 0 Å². The molecule has 0 aromatic heterocycles. The molecule has 1 aliphatic rings. The summed E-state index contributed by atoms with van der Waals surface area (Å²) >= 11 is 0. The molecule has 0 radical (unpaired) electrons. The monoisotopic (exact) mass is 332 g/mol. The van der Waals surface area contributed by atoms with Gasteiger partial charge in [-0.25, -0.2) is 17.6 Å². The zero-order chi connectivity index (χ0) is 17.3. The van der Waals surface area contributed by atoms with Gasteiger partial charge in [0.1, 0.15) is 11.6 Å². The fourth-order valence-corrected chi connectivity index (χ4v) is 2.99. The summed E-state index contributed by atoms with van der Waals surface area (Å²) in [5, 5.41) is 0. The van der Waals surface area contributed by atoms with Gasteiger partial charge in [-0.15, -0.1) is 0 Å². The first-order valence-electron chi connectivity index (χ1n) is 7.77. The van der Waals surface area contributed by atoms with E-state index in [1.807, 2.05) is 19.1 Å². The molecule has 0 spiro atoms. The molecule has 0 bridgehead atoms. The van der Waals surface area contributed by atoms with Crippen LogP contribution in [0.3, 0.4) is 0 Å². The molecular formula is C20H16F4. The van der Waals surface area contributed by atoms with E-state index in [9.17, 15) is 17.6 Å². The number of allylic oxidation sites excluding steroid dienone is 3. The maximum absolute atomic E-state index is 14.4. The first kappa shape index (κ1) is 16.5. The Bertz CT molecular complexity index is 824. The number of hydrogen-bond donors (Lipinski definition) is 0. The van der Waals surface area contributed by atoms with Crippen molar-refractivity contribution in [3.8, 4) is 0 Å². The van der Waals surface area contributed by atoms with E-state index >= 15 is 0 Å². The summed E-state index contributed by atoms with van der Waals surface area (Å²) in [6, 6.07) is 4.79. The van der Waals surface area contributed by atoms with Crippen molar-refractivity contribution in [2.45, 2.75) is 26.2 Å². The number of hydrogen-bond acceptors (Lipinski definition) is 0. The molecule has 0 nitrogen and oxygen atoms in total. The summed E-state index contributed by atoms with van der Waals surface area (Å²) in [6.07, 6.45) is 6.77. The number of rotatable bonds is 4. The molecule has 2 aromatic rings. The van der Waals surface area contributed by atoms with Gasteiger partial charge in [-0.1, -0.05) is 18.2 Å². The van der Waals surface area contributed by atoms with Crippen LogP contribution in [0.5, 0.6) is 0 Å². The van der Waals surface area contributed by atoms with Gasteiger partial charge < -0.3 is 0 Å². The van der Waals surface area contributed by atoms with Crippen molar-refractivity contribution in [2.75, 3.05) is 0 Å². The fourth-order valence-electron chi connectivity index (χ4n) is 2.99. The van der Waals surface area contributed by atoms with Gasteiger partial charge in [0.15, 0.2) is 11.6 Å². The molecule has 0 amide bonds. The van der Waals surface area contributed by atoms with Crippen LogP contribution in [0.15, 0.2) is 36.4 Å². The standard InChI is InChI=1S/C20H16F4/c1-2-3-4-5-12-6-18(23)20(19(24)7-12)15-8-13-10-16(21)17(22)11-14(13)9-15/h2-3,6-8,10-11H,4-5,9H2,1H3/b3-2+. The molecule has 4 heteroatoms. The summed E-state index contributed by atoms with van der Waals surface area (Å²) in [5.41, 5.74) is 1.84. The van der Waals surface area contributed by atoms with Crippen molar-refractivity contribution >= 4 is 11.6 Å². The molecule has 0 saturated heterocycles. The molecule has 1 aliphatic carbocycles. The van der Waals surface area contributed by atoms with Gasteiger partial charge in [-0.3, -0.25) is 0 Å². The number of aryl methyl sites for hydroxylation is 1. The molecule has 0 saturated carbocycles. The molecule has 124 valence electrons. The van der Waals surface area contributed by atoms with Crippen molar-refractivity contribution in [3.05, 3.63) is 81.9 Å². The molecule has 0 heterocycles. The second kappa shape index (κ2) is 6.63. The number of halogens is 4. The third kappa shape index (κ3) is 3.14. The Morgan fingerprint density at radius 1 is 0.917 bits per heavy atom. The molecule has 24 heavy (non-hydrogen) atoms. The Balaban J connectivity index is 1.92. The van der Waals surface area contributed by atoms with Crippen molar-refractivity contribution < 1.29 is 17.6 Å². The van der Waals surface area contributed by atoms with Gasteiger partial charge in [0.25, 0.3) is 0 Å². The van der Waals surface area contributed by atoms with E-state index in [-0.39, 0.29) is 12.0 Å². The highest BCUT2D eigenvalue weighted by Crippen LogP contribution is 2.35. The van der Waals surface area contributed by atoms with E-state index in [4.69, 9.17) is 0 Å². The third-order valence-corrected chi connectivity index (χ3v) is 4.15. The summed E-state index contributed by atoms with van der Waals surface area (Å²) in [4.78, 5) is 0. The first-order valence-corrected chi connectivity index (χ1v) is 7.77. The molecule has 0 aliphatic heterocycles. The Labute approximate surface area is 138 Å². The van der Waals surface area contributed by atoms with E-state index < -0.39 is 23.3 Å². The lowest BCUT2D eigenvalue weighted by Crippen LogP contribution is -1.99. The second-order valence-electron chi connectivity index (χ2n) is 5.85. The predicted molar refractivity (Wildman–Crippen MR) is 87.4 cm³/mol. The molecule has 0 atom stereocenters. The van der Waals surface area contributed by atoms with E-state index in [1.165, 1.54) is 18.2 Å². The van der Waals surface area contributed by atoms with Crippen molar-refractivity contribution in [3.63, 3.8) is 0 Å². The van der Waals surface area contributed by atoms with E-state index in [0.29, 0.717) is 35.1 Å². The molecule has 2 aromatic carbocycles. The van der Waals surface area contributed by atoms with Gasteiger partial charge in [-0.05, 0) is 72.7 Å². The Kier molecular flexibility index (Phi) is 4.56. The molecule has 3 rings (SSSR count). The van der Waals surface area contributed by atoms with E-state index in [0.717, 1.165) is 12.1 Å². The smallest absolute Gasteiger partial charge is 0.159 e. The summed E-state index contributed by atoms with van der Waals surface area (Å²) in [7, 11) is 0. The minimum absolute atomic E-state index is 0.123. The van der Waals surface area contributed by atoms with Gasteiger partial charge in [0, 0.05) is 5.56 Å². The van der Waals surface area contributed by atoms with Crippen molar-refractivity contribution in [2.24, 2.45) is 0 Å². The maximum atomic E-state index is 14.4. The second-order valence-corrected chi connectivity index (χ2v) is 5.85. The Morgan fingerprint density at radius 2 is 1.58 bits per heavy atom.